The average Bonchev–Trinajstić information content (AvgIpc) is 2.71. The Bertz CT molecular complexity index is 1300. The van der Waals surface area contributed by atoms with Crippen molar-refractivity contribution in [1.29, 1.82) is 0 Å². The number of aryl methyl sites for hydroxylation is 3. The first kappa shape index (κ1) is 18.6. The zero-order valence-electron chi connectivity index (χ0n) is 16.5. The molecule has 0 atom stereocenters. The summed E-state index contributed by atoms with van der Waals surface area (Å²) in [6.45, 7) is 5.77. The summed E-state index contributed by atoms with van der Waals surface area (Å²) < 4.78 is 1.64. The van der Waals surface area contributed by atoms with Gasteiger partial charge in [0.25, 0.3) is 5.56 Å². The number of rotatable bonds is 3. The van der Waals surface area contributed by atoms with Gasteiger partial charge in [-0.2, -0.15) is 0 Å². The van der Waals surface area contributed by atoms with Crippen LogP contribution in [0.1, 0.15) is 28.2 Å². The van der Waals surface area contributed by atoms with Crippen LogP contribution in [0.25, 0.3) is 28.7 Å². The fourth-order valence-electron chi connectivity index (χ4n) is 3.48. The molecule has 0 bridgehead atoms. The molecule has 0 saturated heterocycles. The quantitative estimate of drug-likeness (QED) is 0.562. The Morgan fingerprint density at radius 1 is 0.897 bits per heavy atom. The molecule has 2 aromatic carbocycles. The van der Waals surface area contributed by atoms with Crippen LogP contribution in [0.2, 0.25) is 0 Å². The monoisotopic (exact) mass is 383 g/mol. The van der Waals surface area contributed by atoms with Gasteiger partial charge in [-0.15, -0.1) is 0 Å². The summed E-state index contributed by atoms with van der Waals surface area (Å²) in [4.78, 5) is 22.4. The molecule has 4 rings (SSSR count). The van der Waals surface area contributed by atoms with Crippen molar-refractivity contribution >= 4 is 23.1 Å². The SMILES string of the molecule is Cc1ccnc(/C=C/c2nc3ccccc3c(=O)n2-c2c(C)cccc2C)c1O. The maximum atomic E-state index is 13.4. The third kappa shape index (κ3) is 3.31. The largest absolute Gasteiger partial charge is 0.505 e. The zero-order chi connectivity index (χ0) is 20.5. The second-order valence-corrected chi connectivity index (χ2v) is 7.06. The minimum absolute atomic E-state index is 0.116. The Morgan fingerprint density at radius 2 is 1.62 bits per heavy atom. The first-order valence-electron chi connectivity index (χ1n) is 9.38. The highest BCUT2D eigenvalue weighted by Crippen LogP contribution is 2.23. The van der Waals surface area contributed by atoms with Crippen LogP contribution in [0.4, 0.5) is 0 Å². The van der Waals surface area contributed by atoms with Crippen molar-refractivity contribution in [2.45, 2.75) is 20.8 Å². The van der Waals surface area contributed by atoms with Crippen molar-refractivity contribution in [3.63, 3.8) is 0 Å². The minimum atomic E-state index is -0.130. The van der Waals surface area contributed by atoms with Crippen LogP contribution >= 0.6 is 0 Å². The van der Waals surface area contributed by atoms with Crippen LogP contribution in [-0.2, 0) is 0 Å². The van der Waals surface area contributed by atoms with E-state index < -0.39 is 0 Å². The van der Waals surface area contributed by atoms with Crippen LogP contribution < -0.4 is 5.56 Å². The van der Waals surface area contributed by atoms with Gasteiger partial charge >= 0.3 is 0 Å². The van der Waals surface area contributed by atoms with E-state index in [1.165, 1.54) is 0 Å². The normalized spacial score (nSPS) is 11.4. The lowest BCUT2D eigenvalue weighted by molar-refractivity contribution is 0.467. The van der Waals surface area contributed by atoms with E-state index in [0.717, 1.165) is 22.4 Å². The van der Waals surface area contributed by atoms with E-state index in [1.54, 1.807) is 35.0 Å². The van der Waals surface area contributed by atoms with E-state index in [1.807, 2.05) is 57.2 Å². The van der Waals surface area contributed by atoms with Crippen molar-refractivity contribution in [2.24, 2.45) is 0 Å². The Hall–Kier alpha value is -3.73. The van der Waals surface area contributed by atoms with E-state index in [9.17, 15) is 9.90 Å². The van der Waals surface area contributed by atoms with Gasteiger partial charge in [0.1, 0.15) is 17.3 Å². The van der Waals surface area contributed by atoms with Crippen LogP contribution in [-0.4, -0.2) is 19.6 Å². The number of para-hydroxylation sites is 2. The number of pyridine rings is 1. The molecular weight excluding hydrogens is 362 g/mol. The predicted octanol–water partition coefficient (Wildman–Crippen LogP) is 4.58. The first-order chi connectivity index (χ1) is 14.0. The number of aromatic nitrogens is 3. The van der Waals surface area contributed by atoms with Gasteiger partial charge in [-0.3, -0.25) is 14.3 Å². The molecule has 1 N–H and O–H groups in total. The third-order valence-electron chi connectivity index (χ3n) is 5.01. The second-order valence-electron chi connectivity index (χ2n) is 7.06. The Labute approximate surface area is 168 Å². The maximum absolute atomic E-state index is 13.4. The van der Waals surface area contributed by atoms with Gasteiger partial charge in [-0.25, -0.2) is 4.98 Å². The maximum Gasteiger partial charge on any atom is 0.266 e. The van der Waals surface area contributed by atoms with Gasteiger partial charge in [-0.1, -0.05) is 30.3 Å². The third-order valence-corrected chi connectivity index (χ3v) is 5.01. The summed E-state index contributed by atoms with van der Waals surface area (Å²) in [5.74, 6) is 0.597. The molecule has 5 nitrogen and oxygen atoms in total. The molecule has 2 heterocycles. The molecule has 0 radical (unpaired) electrons. The highest BCUT2D eigenvalue weighted by atomic mass is 16.3. The van der Waals surface area contributed by atoms with E-state index >= 15 is 0 Å². The zero-order valence-corrected chi connectivity index (χ0v) is 16.5. The van der Waals surface area contributed by atoms with Crippen molar-refractivity contribution in [3.8, 4) is 11.4 Å². The van der Waals surface area contributed by atoms with E-state index in [-0.39, 0.29) is 11.3 Å². The van der Waals surface area contributed by atoms with Gasteiger partial charge in [0, 0.05) is 6.20 Å². The lowest BCUT2D eigenvalue weighted by atomic mass is 10.1. The number of nitrogens with zero attached hydrogens (tertiary/aromatic N) is 3. The predicted molar refractivity (Wildman–Crippen MR) is 116 cm³/mol. The summed E-state index contributed by atoms with van der Waals surface area (Å²) in [7, 11) is 0. The summed E-state index contributed by atoms with van der Waals surface area (Å²) >= 11 is 0. The molecule has 144 valence electrons. The van der Waals surface area contributed by atoms with E-state index in [2.05, 4.69) is 4.98 Å². The van der Waals surface area contributed by atoms with Crippen molar-refractivity contribution < 1.29 is 5.11 Å². The summed E-state index contributed by atoms with van der Waals surface area (Å²) in [5.41, 5.74) is 4.44. The number of benzene rings is 2. The van der Waals surface area contributed by atoms with Crippen LogP contribution in [0.3, 0.4) is 0 Å². The Kier molecular flexibility index (Phi) is 4.72. The van der Waals surface area contributed by atoms with Crippen LogP contribution in [0.5, 0.6) is 5.75 Å². The summed E-state index contributed by atoms with van der Waals surface area (Å²) in [6, 6.07) is 15.0. The van der Waals surface area contributed by atoms with Gasteiger partial charge < -0.3 is 5.11 Å². The standard InChI is InChI=1S/C24H21N3O2/c1-15-7-6-8-16(2)22(15)27-21(12-11-20-23(28)17(3)13-14-25-20)26-19-10-5-4-9-18(19)24(27)29/h4-14,28H,1-3H3/b12-11+. The van der Waals surface area contributed by atoms with Crippen LogP contribution in [0, 0.1) is 20.8 Å². The fraction of sp³-hybridized carbons (Fsp3) is 0.125. The highest BCUT2D eigenvalue weighted by molar-refractivity contribution is 5.80. The molecule has 0 aliphatic heterocycles. The molecular formula is C24H21N3O2. The Morgan fingerprint density at radius 3 is 2.38 bits per heavy atom. The van der Waals surface area contributed by atoms with Crippen molar-refractivity contribution in [3.05, 3.63) is 93.3 Å². The molecule has 0 fully saturated rings. The minimum Gasteiger partial charge on any atom is -0.505 e. The van der Waals surface area contributed by atoms with Crippen molar-refractivity contribution in [2.75, 3.05) is 0 Å². The smallest absolute Gasteiger partial charge is 0.266 e. The lowest BCUT2D eigenvalue weighted by Gasteiger charge is -2.16. The van der Waals surface area contributed by atoms with E-state index in [0.29, 0.717) is 22.4 Å². The highest BCUT2D eigenvalue weighted by Gasteiger charge is 2.14. The number of hydrogen-bond donors (Lipinski definition) is 1. The van der Waals surface area contributed by atoms with Gasteiger partial charge in [0.05, 0.1) is 16.6 Å². The van der Waals surface area contributed by atoms with Gasteiger partial charge in [0.15, 0.2) is 0 Å². The average molecular weight is 383 g/mol. The Balaban J connectivity index is 2.01. The second kappa shape index (κ2) is 7.36. The van der Waals surface area contributed by atoms with Gasteiger partial charge in [0.2, 0.25) is 0 Å². The first-order valence-corrected chi connectivity index (χ1v) is 9.38. The molecule has 29 heavy (non-hydrogen) atoms. The van der Waals surface area contributed by atoms with Crippen molar-refractivity contribution in [1.82, 2.24) is 14.5 Å². The van der Waals surface area contributed by atoms with Gasteiger partial charge in [-0.05, 0) is 67.8 Å². The molecule has 0 aliphatic carbocycles. The molecule has 0 unspecified atom stereocenters. The molecule has 5 heteroatoms. The lowest BCUT2D eigenvalue weighted by Crippen LogP contribution is -2.23. The number of fused-ring (bicyclic) bond motifs is 1. The molecule has 0 amide bonds. The summed E-state index contributed by atoms with van der Waals surface area (Å²) in [6.07, 6.45) is 5.05. The molecule has 0 spiro atoms. The van der Waals surface area contributed by atoms with E-state index in [4.69, 9.17) is 4.98 Å². The molecule has 0 aliphatic rings. The molecule has 4 aromatic rings. The van der Waals surface area contributed by atoms with Crippen LogP contribution in [0.15, 0.2) is 59.5 Å². The fourth-order valence-corrected chi connectivity index (χ4v) is 3.48. The number of hydrogen-bond acceptors (Lipinski definition) is 4. The number of aromatic hydroxyl groups is 1. The molecule has 2 aromatic heterocycles. The molecule has 0 saturated carbocycles. The summed E-state index contributed by atoms with van der Waals surface area (Å²) in [5, 5.41) is 10.8. The topological polar surface area (TPSA) is 68.0 Å².